The van der Waals surface area contributed by atoms with E-state index in [4.69, 9.17) is 11.6 Å². The largest absolute Gasteiger partial charge is 0.369 e. The maximum absolute atomic E-state index is 6.09. The Morgan fingerprint density at radius 2 is 1.94 bits per heavy atom. The van der Waals surface area contributed by atoms with E-state index in [9.17, 15) is 0 Å². The van der Waals surface area contributed by atoms with Crippen molar-refractivity contribution in [2.24, 2.45) is 0 Å². The Morgan fingerprint density at radius 1 is 1.22 bits per heavy atom. The number of benzene rings is 1. The normalized spacial score (nSPS) is 11.0. The van der Waals surface area contributed by atoms with Gasteiger partial charge in [0.25, 0.3) is 0 Å². The van der Waals surface area contributed by atoms with Gasteiger partial charge in [-0.25, -0.2) is 0 Å². The molecule has 0 N–H and O–H groups in total. The Bertz CT molecular complexity index is 360. The van der Waals surface area contributed by atoms with E-state index >= 15 is 0 Å². The van der Waals surface area contributed by atoms with Gasteiger partial charge in [-0.1, -0.05) is 37.5 Å². The first-order chi connectivity index (χ1) is 8.60. The number of unbranched alkanes of at least 4 members (excludes halogenated alkanes) is 2. The van der Waals surface area contributed by atoms with Crippen molar-refractivity contribution < 1.29 is 0 Å². The van der Waals surface area contributed by atoms with Crippen LogP contribution >= 0.6 is 11.6 Å². The lowest BCUT2D eigenvalue weighted by molar-refractivity contribution is 0.624. The van der Waals surface area contributed by atoms with Crippen molar-refractivity contribution in [3.05, 3.63) is 29.3 Å². The molecule has 0 spiro atoms. The van der Waals surface area contributed by atoms with Gasteiger partial charge >= 0.3 is 0 Å². The fraction of sp³-hybridized carbons (Fsp3) is 0.625. The SMILES string of the molecule is CCCCCN(c1ccc(C)cc1CCl)C(C)C. The molecule has 102 valence electrons. The number of alkyl halides is 1. The summed E-state index contributed by atoms with van der Waals surface area (Å²) in [4.78, 5) is 2.48. The van der Waals surface area contributed by atoms with Gasteiger partial charge in [0.15, 0.2) is 0 Å². The highest BCUT2D eigenvalue weighted by Gasteiger charge is 2.13. The van der Waals surface area contributed by atoms with Crippen LogP contribution in [-0.4, -0.2) is 12.6 Å². The van der Waals surface area contributed by atoms with Gasteiger partial charge in [-0.05, 0) is 38.8 Å². The number of nitrogens with zero attached hydrogens (tertiary/aromatic N) is 1. The lowest BCUT2D eigenvalue weighted by Gasteiger charge is -2.31. The molecule has 0 aliphatic rings. The molecule has 0 heterocycles. The van der Waals surface area contributed by atoms with Crippen LogP contribution in [0.1, 0.15) is 51.2 Å². The molecule has 0 saturated heterocycles. The third kappa shape index (κ3) is 4.20. The topological polar surface area (TPSA) is 3.24 Å². The molecule has 0 aliphatic carbocycles. The van der Waals surface area contributed by atoms with Crippen LogP contribution in [0.15, 0.2) is 18.2 Å². The molecule has 0 saturated carbocycles. The van der Waals surface area contributed by atoms with Gasteiger partial charge in [0.2, 0.25) is 0 Å². The third-order valence-corrected chi connectivity index (χ3v) is 3.60. The molecule has 0 aliphatic heterocycles. The molecule has 0 aromatic heterocycles. The maximum Gasteiger partial charge on any atom is 0.0494 e. The van der Waals surface area contributed by atoms with E-state index in [-0.39, 0.29) is 0 Å². The van der Waals surface area contributed by atoms with Crippen molar-refractivity contribution in [2.75, 3.05) is 11.4 Å². The second-order valence-electron chi connectivity index (χ2n) is 5.26. The van der Waals surface area contributed by atoms with Crippen LogP contribution < -0.4 is 4.90 Å². The summed E-state index contributed by atoms with van der Waals surface area (Å²) in [6.07, 6.45) is 3.82. The summed E-state index contributed by atoms with van der Waals surface area (Å²) in [7, 11) is 0. The quantitative estimate of drug-likeness (QED) is 0.488. The van der Waals surface area contributed by atoms with E-state index in [1.807, 2.05) is 0 Å². The smallest absolute Gasteiger partial charge is 0.0494 e. The number of hydrogen-bond acceptors (Lipinski definition) is 1. The number of aryl methyl sites for hydroxylation is 1. The van der Waals surface area contributed by atoms with Gasteiger partial charge < -0.3 is 4.90 Å². The van der Waals surface area contributed by atoms with Crippen LogP contribution in [0.4, 0.5) is 5.69 Å². The summed E-state index contributed by atoms with van der Waals surface area (Å²) in [5.74, 6) is 0.591. The fourth-order valence-electron chi connectivity index (χ4n) is 2.29. The second-order valence-corrected chi connectivity index (χ2v) is 5.53. The zero-order chi connectivity index (χ0) is 13.5. The van der Waals surface area contributed by atoms with E-state index in [2.05, 4.69) is 50.8 Å². The summed E-state index contributed by atoms with van der Waals surface area (Å²) in [6.45, 7) is 10.00. The second kappa shape index (κ2) is 7.68. The fourth-order valence-corrected chi connectivity index (χ4v) is 2.50. The van der Waals surface area contributed by atoms with Gasteiger partial charge in [0, 0.05) is 24.2 Å². The molecule has 0 bridgehead atoms. The monoisotopic (exact) mass is 267 g/mol. The lowest BCUT2D eigenvalue weighted by Crippen LogP contribution is -2.32. The van der Waals surface area contributed by atoms with E-state index in [1.54, 1.807) is 0 Å². The number of halogens is 1. The Balaban J connectivity index is 2.90. The molecule has 0 atom stereocenters. The standard InChI is InChI=1S/C16H26ClN/c1-5-6-7-10-18(13(2)3)16-9-8-14(4)11-15(16)12-17/h8-9,11,13H,5-7,10,12H2,1-4H3. The summed E-state index contributed by atoms with van der Waals surface area (Å²) in [5, 5.41) is 0. The van der Waals surface area contributed by atoms with Gasteiger partial charge in [-0.15, -0.1) is 11.6 Å². The molecule has 1 aromatic carbocycles. The molecule has 18 heavy (non-hydrogen) atoms. The van der Waals surface area contributed by atoms with Crippen molar-refractivity contribution in [2.45, 2.75) is 58.9 Å². The minimum Gasteiger partial charge on any atom is -0.369 e. The molecule has 1 rings (SSSR count). The van der Waals surface area contributed by atoms with E-state index in [1.165, 1.54) is 36.1 Å². The molecular formula is C16H26ClN. The first-order valence-corrected chi connectivity index (χ1v) is 7.55. The molecule has 0 unspecified atom stereocenters. The first kappa shape index (κ1) is 15.4. The summed E-state index contributed by atoms with van der Waals surface area (Å²) >= 11 is 6.09. The van der Waals surface area contributed by atoms with Crippen LogP contribution in [0.3, 0.4) is 0 Å². The van der Waals surface area contributed by atoms with Gasteiger partial charge in [0.1, 0.15) is 0 Å². The first-order valence-electron chi connectivity index (χ1n) is 7.02. The minimum absolute atomic E-state index is 0.520. The van der Waals surface area contributed by atoms with Crippen LogP contribution in [0, 0.1) is 6.92 Å². The molecule has 2 heteroatoms. The molecule has 0 fully saturated rings. The Morgan fingerprint density at radius 3 is 2.50 bits per heavy atom. The number of rotatable bonds is 7. The Hall–Kier alpha value is -0.690. The van der Waals surface area contributed by atoms with Crippen molar-refractivity contribution in [3.8, 4) is 0 Å². The van der Waals surface area contributed by atoms with Crippen LogP contribution in [0.5, 0.6) is 0 Å². The lowest BCUT2D eigenvalue weighted by atomic mass is 10.1. The maximum atomic E-state index is 6.09. The van der Waals surface area contributed by atoms with E-state index in [0.717, 1.165) is 6.54 Å². The van der Waals surface area contributed by atoms with Crippen molar-refractivity contribution in [1.82, 2.24) is 0 Å². The van der Waals surface area contributed by atoms with Crippen molar-refractivity contribution >= 4 is 17.3 Å². The van der Waals surface area contributed by atoms with Gasteiger partial charge in [0.05, 0.1) is 0 Å². The molecule has 1 nitrogen and oxygen atoms in total. The molecule has 0 amide bonds. The van der Waals surface area contributed by atoms with Crippen LogP contribution in [0.2, 0.25) is 0 Å². The Labute approximate surface area is 117 Å². The summed E-state index contributed by atoms with van der Waals surface area (Å²) in [5.41, 5.74) is 3.84. The average Bonchev–Trinajstić information content (AvgIpc) is 2.35. The zero-order valence-corrected chi connectivity index (χ0v) is 12.9. The number of anilines is 1. The molecular weight excluding hydrogens is 242 g/mol. The van der Waals surface area contributed by atoms with Crippen LogP contribution in [-0.2, 0) is 5.88 Å². The highest BCUT2D eigenvalue weighted by atomic mass is 35.5. The summed E-state index contributed by atoms with van der Waals surface area (Å²) < 4.78 is 0. The van der Waals surface area contributed by atoms with Gasteiger partial charge in [-0.2, -0.15) is 0 Å². The predicted octanol–water partition coefficient (Wildman–Crippen LogP) is 5.14. The summed E-state index contributed by atoms with van der Waals surface area (Å²) in [6, 6.07) is 7.13. The van der Waals surface area contributed by atoms with Crippen molar-refractivity contribution in [1.29, 1.82) is 0 Å². The van der Waals surface area contributed by atoms with Gasteiger partial charge in [-0.3, -0.25) is 0 Å². The Kier molecular flexibility index (Phi) is 6.56. The van der Waals surface area contributed by atoms with Crippen LogP contribution in [0.25, 0.3) is 0 Å². The minimum atomic E-state index is 0.520. The van der Waals surface area contributed by atoms with E-state index < -0.39 is 0 Å². The average molecular weight is 268 g/mol. The third-order valence-electron chi connectivity index (χ3n) is 3.31. The molecule has 0 radical (unpaired) electrons. The molecule has 1 aromatic rings. The highest BCUT2D eigenvalue weighted by Crippen LogP contribution is 2.26. The predicted molar refractivity (Wildman–Crippen MR) is 82.7 cm³/mol. The van der Waals surface area contributed by atoms with E-state index in [0.29, 0.717) is 11.9 Å². The number of hydrogen-bond donors (Lipinski definition) is 0. The zero-order valence-electron chi connectivity index (χ0n) is 12.2. The highest BCUT2D eigenvalue weighted by molar-refractivity contribution is 6.17. The van der Waals surface area contributed by atoms with Crippen molar-refractivity contribution in [3.63, 3.8) is 0 Å².